The topological polar surface area (TPSA) is 12.0 Å². The molecule has 0 radical (unpaired) electrons. The maximum atomic E-state index is 12.1. The molecule has 1 nitrogen and oxygen atoms in total. The second-order valence-electron chi connectivity index (χ2n) is 5.28. The normalized spacial score (nSPS) is 24.4. The van der Waals surface area contributed by atoms with Gasteiger partial charge < -0.3 is 5.32 Å². The Hall–Kier alpha value is -1.03. The van der Waals surface area contributed by atoms with Gasteiger partial charge in [-0.1, -0.05) is 30.3 Å². The van der Waals surface area contributed by atoms with Crippen molar-refractivity contribution in [2.45, 2.75) is 50.2 Å². The first kappa shape index (κ1) is 14.4. The summed E-state index contributed by atoms with van der Waals surface area (Å²) in [4.78, 5) is 0. The average molecular weight is 271 g/mol. The second kappa shape index (κ2) is 6.42. The Morgan fingerprint density at radius 3 is 2.21 bits per heavy atom. The van der Waals surface area contributed by atoms with Crippen LogP contribution in [-0.4, -0.2) is 18.8 Å². The van der Waals surface area contributed by atoms with E-state index in [0.29, 0.717) is 5.92 Å². The van der Waals surface area contributed by atoms with E-state index in [1.807, 2.05) is 18.2 Å². The van der Waals surface area contributed by atoms with Gasteiger partial charge in [0.1, 0.15) is 0 Å². The molecular weight excluding hydrogens is 251 g/mol. The molecule has 0 unspecified atom stereocenters. The maximum Gasteiger partial charge on any atom is 0.390 e. The molecule has 0 heterocycles. The molecule has 0 aromatic heterocycles. The van der Waals surface area contributed by atoms with Crippen molar-refractivity contribution in [1.29, 1.82) is 0 Å². The van der Waals surface area contributed by atoms with Crippen molar-refractivity contribution in [1.82, 2.24) is 5.32 Å². The summed E-state index contributed by atoms with van der Waals surface area (Å²) in [5.74, 6) is 0.571. The minimum absolute atomic E-state index is 0.0458. The number of hydrogen-bond donors (Lipinski definition) is 1. The Bertz CT molecular complexity index is 367. The largest absolute Gasteiger partial charge is 0.390 e. The fraction of sp³-hybridized carbons (Fsp3) is 0.600. The van der Waals surface area contributed by atoms with Gasteiger partial charge in [0.15, 0.2) is 0 Å². The molecule has 0 saturated heterocycles. The van der Waals surface area contributed by atoms with Gasteiger partial charge in [-0.15, -0.1) is 0 Å². The highest BCUT2D eigenvalue weighted by Crippen LogP contribution is 2.32. The van der Waals surface area contributed by atoms with Gasteiger partial charge in [-0.25, -0.2) is 0 Å². The van der Waals surface area contributed by atoms with Crippen LogP contribution in [0.25, 0.3) is 0 Å². The highest BCUT2D eigenvalue weighted by molar-refractivity contribution is 5.20. The number of nitrogens with one attached hydrogen (secondary N) is 1. The Morgan fingerprint density at radius 1 is 1.00 bits per heavy atom. The predicted molar refractivity (Wildman–Crippen MR) is 70.1 cm³/mol. The summed E-state index contributed by atoms with van der Waals surface area (Å²) in [6.07, 6.45) is -0.712. The zero-order valence-corrected chi connectivity index (χ0v) is 10.9. The van der Waals surface area contributed by atoms with Crippen LogP contribution in [0.4, 0.5) is 13.2 Å². The second-order valence-corrected chi connectivity index (χ2v) is 5.28. The minimum atomic E-state index is -4.05. The van der Waals surface area contributed by atoms with Crippen LogP contribution in [0.1, 0.15) is 43.6 Å². The first-order chi connectivity index (χ1) is 9.04. The third-order valence-corrected chi connectivity index (χ3v) is 3.84. The van der Waals surface area contributed by atoms with E-state index in [4.69, 9.17) is 0 Å². The molecule has 19 heavy (non-hydrogen) atoms. The highest BCUT2D eigenvalue weighted by Gasteiger charge is 2.27. The SMILES string of the molecule is FC(F)(F)CCNC1CCC(c2ccccc2)CC1. The molecule has 1 fully saturated rings. The van der Waals surface area contributed by atoms with Gasteiger partial charge in [-0.3, -0.25) is 0 Å². The molecule has 1 aromatic rings. The Labute approximate surface area is 112 Å². The van der Waals surface area contributed by atoms with Crippen LogP contribution in [0.3, 0.4) is 0 Å². The number of hydrogen-bond acceptors (Lipinski definition) is 1. The molecule has 4 heteroatoms. The molecule has 0 atom stereocenters. The lowest BCUT2D eigenvalue weighted by atomic mass is 9.82. The number of alkyl halides is 3. The summed E-state index contributed by atoms with van der Waals surface area (Å²) < 4.78 is 36.2. The maximum absolute atomic E-state index is 12.1. The van der Waals surface area contributed by atoms with Crippen molar-refractivity contribution in [3.63, 3.8) is 0 Å². The molecule has 0 amide bonds. The van der Waals surface area contributed by atoms with Gasteiger partial charge in [0.25, 0.3) is 0 Å². The molecule has 1 aliphatic rings. The van der Waals surface area contributed by atoms with E-state index >= 15 is 0 Å². The van der Waals surface area contributed by atoms with E-state index in [0.717, 1.165) is 25.7 Å². The summed E-state index contributed by atoms with van der Waals surface area (Å²) in [5.41, 5.74) is 1.36. The van der Waals surface area contributed by atoms with Crippen molar-refractivity contribution in [2.24, 2.45) is 0 Å². The molecule has 0 bridgehead atoms. The van der Waals surface area contributed by atoms with Crippen LogP contribution in [0.15, 0.2) is 30.3 Å². The van der Waals surface area contributed by atoms with Crippen molar-refractivity contribution in [2.75, 3.05) is 6.54 Å². The highest BCUT2D eigenvalue weighted by atomic mass is 19.4. The number of benzene rings is 1. The lowest BCUT2D eigenvalue weighted by molar-refractivity contribution is -0.133. The molecule has 1 aliphatic carbocycles. The molecule has 1 aromatic carbocycles. The standard InChI is InChI=1S/C15H20F3N/c16-15(17,18)10-11-19-14-8-6-13(7-9-14)12-4-2-1-3-5-12/h1-5,13-14,19H,6-11H2. The van der Waals surface area contributed by atoms with Crippen molar-refractivity contribution in [3.05, 3.63) is 35.9 Å². The Balaban J connectivity index is 1.71. The smallest absolute Gasteiger partial charge is 0.314 e. The summed E-state index contributed by atoms with van der Waals surface area (Å²) in [6.45, 7) is 0.0458. The molecule has 2 rings (SSSR count). The first-order valence-corrected chi connectivity index (χ1v) is 6.90. The van der Waals surface area contributed by atoms with Crippen molar-refractivity contribution >= 4 is 0 Å². The van der Waals surface area contributed by atoms with Crippen LogP contribution in [-0.2, 0) is 0 Å². The minimum Gasteiger partial charge on any atom is -0.314 e. The van der Waals surface area contributed by atoms with E-state index in [1.54, 1.807) is 0 Å². The lowest BCUT2D eigenvalue weighted by Crippen LogP contribution is -2.35. The lowest BCUT2D eigenvalue weighted by Gasteiger charge is -2.29. The monoisotopic (exact) mass is 271 g/mol. The van der Waals surface area contributed by atoms with Crippen molar-refractivity contribution in [3.8, 4) is 0 Å². The fourth-order valence-corrected chi connectivity index (χ4v) is 2.77. The molecule has 106 valence electrons. The average Bonchev–Trinajstić information content (AvgIpc) is 2.39. The Kier molecular flexibility index (Phi) is 4.86. The summed E-state index contributed by atoms with van der Waals surface area (Å²) in [5, 5.41) is 3.03. The van der Waals surface area contributed by atoms with E-state index in [9.17, 15) is 13.2 Å². The van der Waals surface area contributed by atoms with Gasteiger partial charge in [0.2, 0.25) is 0 Å². The summed E-state index contributed by atoms with van der Waals surface area (Å²) >= 11 is 0. The molecular formula is C15H20F3N. The molecule has 0 spiro atoms. The van der Waals surface area contributed by atoms with Crippen LogP contribution < -0.4 is 5.32 Å². The van der Waals surface area contributed by atoms with Gasteiger partial charge in [0.05, 0.1) is 6.42 Å². The third kappa shape index (κ3) is 4.86. The molecule has 1 saturated carbocycles. The number of rotatable bonds is 4. The quantitative estimate of drug-likeness (QED) is 0.863. The van der Waals surface area contributed by atoms with Crippen LogP contribution >= 0.6 is 0 Å². The fourth-order valence-electron chi connectivity index (χ4n) is 2.77. The van der Waals surface area contributed by atoms with E-state index in [1.165, 1.54) is 5.56 Å². The van der Waals surface area contributed by atoms with Gasteiger partial charge in [-0.05, 0) is 37.2 Å². The van der Waals surface area contributed by atoms with Gasteiger partial charge in [-0.2, -0.15) is 13.2 Å². The molecule has 1 N–H and O–H groups in total. The van der Waals surface area contributed by atoms with Crippen molar-refractivity contribution < 1.29 is 13.2 Å². The zero-order chi connectivity index (χ0) is 13.7. The summed E-state index contributed by atoms with van der Waals surface area (Å²) in [6, 6.07) is 10.6. The Morgan fingerprint density at radius 2 is 1.63 bits per heavy atom. The first-order valence-electron chi connectivity index (χ1n) is 6.90. The van der Waals surface area contributed by atoms with Crippen LogP contribution in [0.2, 0.25) is 0 Å². The predicted octanol–water partition coefficient (Wildman–Crippen LogP) is 4.25. The van der Waals surface area contributed by atoms with E-state index in [-0.39, 0.29) is 12.6 Å². The number of halogens is 3. The summed E-state index contributed by atoms with van der Waals surface area (Å²) in [7, 11) is 0. The van der Waals surface area contributed by atoms with Gasteiger partial charge >= 0.3 is 6.18 Å². The molecule has 0 aliphatic heterocycles. The third-order valence-electron chi connectivity index (χ3n) is 3.84. The van der Waals surface area contributed by atoms with Gasteiger partial charge in [0, 0.05) is 12.6 Å². The van der Waals surface area contributed by atoms with E-state index in [2.05, 4.69) is 17.4 Å². The zero-order valence-electron chi connectivity index (χ0n) is 10.9. The van der Waals surface area contributed by atoms with Crippen LogP contribution in [0, 0.1) is 0 Å². The van der Waals surface area contributed by atoms with E-state index < -0.39 is 12.6 Å². The van der Waals surface area contributed by atoms with Crippen LogP contribution in [0.5, 0.6) is 0 Å².